The lowest BCUT2D eigenvalue weighted by molar-refractivity contribution is 0.187. The van der Waals surface area contributed by atoms with Gasteiger partial charge in [0, 0.05) is 24.7 Å². The summed E-state index contributed by atoms with van der Waals surface area (Å²) in [7, 11) is 0. The summed E-state index contributed by atoms with van der Waals surface area (Å²) < 4.78 is 5.16. The van der Waals surface area contributed by atoms with Gasteiger partial charge in [0.25, 0.3) is 0 Å². The number of halogens is 1. The van der Waals surface area contributed by atoms with Crippen LogP contribution in [-0.2, 0) is 11.3 Å². The normalized spacial score (nSPS) is 22.7. The van der Waals surface area contributed by atoms with Gasteiger partial charge in [-0.05, 0) is 17.7 Å². The standard InChI is InChI=1S/C13H15ClN2O2/c14-11-3-1-10(2-4-11)7-15-5-6-16(13(15)17)8-12-9-18-12/h1-4,12H,5-9H2. The quantitative estimate of drug-likeness (QED) is 0.782. The molecular weight excluding hydrogens is 252 g/mol. The highest BCUT2D eigenvalue weighted by molar-refractivity contribution is 6.30. The summed E-state index contributed by atoms with van der Waals surface area (Å²) >= 11 is 5.84. The molecule has 0 aliphatic carbocycles. The van der Waals surface area contributed by atoms with Gasteiger partial charge >= 0.3 is 6.03 Å². The highest BCUT2D eigenvalue weighted by Crippen LogP contribution is 2.18. The molecule has 1 aromatic carbocycles. The van der Waals surface area contributed by atoms with Gasteiger partial charge in [-0.25, -0.2) is 4.79 Å². The van der Waals surface area contributed by atoms with Crippen molar-refractivity contribution < 1.29 is 9.53 Å². The van der Waals surface area contributed by atoms with Crippen molar-refractivity contribution in [2.45, 2.75) is 12.6 Å². The number of nitrogens with zero attached hydrogens (tertiary/aromatic N) is 2. The Morgan fingerprint density at radius 3 is 2.56 bits per heavy atom. The molecule has 4 nitrogen and oxygen atoms in total. The topological polar surface area (TPSA) is 36.1 Å². The largest absolute Gasteiger partial charge is 0.371 e. The summed E-state index contributed by atoms with van der Waals surface area (Å²) in [4.78, 5) is 15.8. The van der Waals surface area contributed by atoms with E-state index in [4.69, 9.17) is 16.3 Å². The molecular formula is C13H15ClN2O2. The molecule has 0 N–H and O–H groups in total. The van der Waals surface area contributed by atoms with Crippen molar-refractivity contribution in [3.8, 4) is 0 Å². The predicted molar refractivity (Wildman–Crippen MR) is 68.6 cm³/mol. The smallest absolute Gasteiger partial charge is 0.320 e. The fourth-order valence-corrected chi connectivity index (χ4v) is 2.30. The summed E-state index contributed by atoms with van der Waals surface area (Å²) in [5.74, 6) is 0. The fraction of sp³-hybridized carbons (Fsp3) is 0.462. The Morgan fingerprint density at radius 2 is 1.89 bits per heavy atom. The van der Waals surface area contributed by atoms with Crippen LogP contribution in [-0.4, -0.2) is 48.2 Å². The molecule has 2 amide bonds. The Bertz CT molecular complexity index is 445. The van der Waals surface area contributed by atoms with Crippen LogP contribution in [0, 0.1) is 0 Å². The van der Waals surface area contributed by atoms with Crippen LogP contribution in [0.2, 0.25) is 5.02 Å². The second kappa shape index (κ2) is 4.78. The van der Waals surface area contributed by atoms with Crippen molar-refractivity contribution in [3.63, 3.8) is 0 Å². The molecule has 1 unspecified atom stereocenters. The number of urea groups is 1. The first-order valence-electron chi connectivity index (χ1n) is 6.12. The van der Waals surface area contributed by atoms with Gasteiger partial charge in [-0.1, -0.05) is 23.7 Å². The Hall–Kier alpha value is -1.26. The number of epoxide rings is 1. The maximum absolute atomic E-state index is 12.1. The zero-order valence-corrected chi connectivity index (χ0v) is 10.8. The summed E-state index contributed by atoms with van der Waals surface area (Å²) in [6.45, 7) is 3.76. The summed E-state index contributed by atoms with van der Waals surface area (Å²) in [6, 6.07) is 7.74. The lowest BCUT2D eigenvalue weighted by atomic mass is 10.2. The number of carbonyl (C=O) groups excluding carboxylic acids is 1. The number of hydrogen-bond acceptors (Lipinski definition) is 2. The van der Waals surface area contributed by atoms with E-state index < -0.39 is 0 Å². The molecule has 0 spiro atoms. The van der Waals surface area contributed by atoms with Gasteiger partial charge in [-0.15, -0.1) is 0 Å². The number of amides is 2. The molecule has 0 saturated carbocycles. The number of rotatable bonds is 4. The van der Waals surface area contributed by atoms with Gasteiger partial charge in [0.05, 0.1) is 19.3 Å². The minimum Gasteiger partial charge on any atom is -0.371 e. The Labute approximate surface area is 111 Å². The average Bonchev–Trinajstić information content (AvgIpc) is 3.12. The van der Waals surface area contributed by atoms with Crippen molar-refractivity contribution in [3.05, 3.63) is 34.9 Å². The molecule has 1 aromatic rings. The van der Waals surface area contributed by atoms with Crippen molar-refractivity contribution >= 4 is 17.6 Å². The number of ether oxygens (including phenoxy) is 1. The molecule has 3 rings (SSSR count). The molecule has 0 bridgehead atoms. The molecule has 2 saturated heterocycles. The molecule has 0 radical (unpaired) electrons. The molecule has 18 heavy (non-hydrogen) atoms. The maximum atomic E-state index is 12.1. The van der Waals surface area contributed by atoms with E-state index in [1.165, 1.54) is 0 Å². The van der Waals surface area contributed by atoms with E-state index in [2.05, 4.69) is 0 Å². The van der Waals surface area contributed by atoms with Crippen LogP contribution < -0.4 is 0 Å². The van der Waals surface area contributed by atoms with E-state index in [0.717, 1.165) is 36.8 Å². The van der Waals surface area contributed by atoms with Gasteiger partial charge in [-0.2, -0.15) is 0 Å². The van der Waals surface area contributed by atoms with Crippen molar-refractivity contribution in [2.24, 2.45) is 0 Å². The van der Waals surface area contributed by atoms with Crippen LogP contribution in [0.15, 0.2) is 24.3 Å². The second-order valence-corrected chi connectivity index (χ2v) is 5.17. The van der Waals surface area contributed by atoms with Gasteiger partial charge < -0.3 is 14.5 Å². The van der Waals surface area contributed by atoms with E-state index in [1.54, 1.807) is 0 Å². The van der Waals surface area contributed by atoms with Gasteiger partial charge in [0.1, 0.15) is 0 Å². The predicted octanol–water partition coefficient (Wildman–Crippen LogP) is 1.98. The first-order chi connectivity index (χ1) is 8.72. The highest BCUT2D eigenvalue weighted by atomic mass is 35.5. The third-order valence-electron chi connectivity index (χ3n) is 3.29. The van der Waals surface area contributed by atoms with Crippen LogP contribution in [0.25, 0.3) is 0 Å². The number of hydrogen-bond donors (Lipinski definition) is 0. The Morgan fingerprint density at radius 1 is 1.22 bits per heavy atom. The number of benzene rings is 1. The number of carbonyl (C=O) groups is 1. The molecule has 2 heterocycles. The summed E-state index contributed by atoms with van der Waals surface area (Å²) in [5.41, 5.74) is 1.11. The van der Waals surface area contributed by atoms with Gasteiger partial charge in [0.2, 0.25) is 0 Å². The molecule has 2 aliphatic heterocycles. The minimum absolute atomic E-state index is 0.112. The lowest BCUT2D eigenvalue weighted by Crippen LogP contribution is -2.33. The van der Waals surface area contributed by atoms with Crippen molar-refractivity contribution in [1.82, 2.24) is 9.80 Å². The summed E-state index contributed by atoms with van der Waals surface area (Å²) in [6.07, 6.45) is 0.268. The van der Waals surface area contributed by atoms with E-state index >= 15 is 0 Å². The van der Waals surface area contributed by atoms with Crippen LogP contribution in [0.4, 0.5) is 4.79 Å². The van der Waals surface area contributed by atoms with E-state index in [9.17, 15) is 4.79 Å². The third-order valence-corrected chi connectivity index (χ3v) is 3.55. The fourth-order valence-electron chi connectivity index (χ4n) is 2.18. The summed E-state index contributed by atoms with van der Waals surface area (Å²) in [5, 5.41) is 0.721. The first kappa shape index (κ1) is 11.8. The molecule has 5 heteroatoms. The second-order valence-electron chi connectivity index (χ2n) is 4.73. The first-order valence-corrected chi connectivity index (χ1v) is 6.50. The van der Waals surface area contributed by atoms with Gasteiger partial charge in [-0.3, -0.25) is 0 Å². The molecule has 1 atom stereocenters. The monoisotopic (exact) mass is 266 g/mol. The maximum Gasteiger partial charge on any atom is 0.320 e. The van der Waals surface area contributed by atoms with Gasteiger partial charge in [0.15, 0.2) is 0 Å². The molecule has 96 valence electrons. The molecule has 2 fully saturated rings. The van der Waals surface area contributed by atoms with E-state index in [1.807, 2.05) is 34.1 Å². The zero-order valence-electron chi connectivity index (χ0n) is 10.0. The van der Waals surface area contributed by atoms with Crippen molar-refractivity contribution in [2.75, 3.05) is 26.2 Å². The zero-order chi connectivity index (χ0) is 12.5. The van der Waals surface area contributed by atoms with E-state index in [0.29, 0.717) is 6.54 Å². The minimum atomic E-state index is 0.112. The Balaban J connectivity index is 1.59. The SMILES string of the molecule is O=C1N(Cc2ccc(Cl)cc2)CCN1CC1CO1. The molecule has 0 aromatic heterocycles. The highest BCUT2D eigenvalue weighted by Gasteiger charge is 2.33. The van der Waals surface area contributed by atoms with Crippen LogP contribution in [0.5, 0.6) is 0 Å². The van der Waals surface area contributed by atoms with E-state index in [-0.39, 0.29) is 12.1 Å². The lowest BCUT2D eigenvalue weighted by Gasteiger charge is -2.18. The molecule has 2 aliphatic rings. The average molecular weight is 267 g/mol. The van der Waals surface area contributed by atoms with Crippen LogP contribution in [0.3, 0.4) is 0 Å². The van der Waals surface area contributed by atoms with Crippen LogP contribution in [0.1, 0.15) is 5.56 Å². The van der Waals surface area contributed by atoms with Crippen molar-refractivity contribution in [1.29, 1.82) is 0 Å². The Kier molecular flexibility index (Phi) is 3.14. The third kappa shape index (κ3) is 2.60. The van der Waals surface area contributed by atoms with Crippen LogP contribution >= 0.6 is 11.6 Å².